The van der Waals surface area contributed by atoms with Crippen molar-refractivity contribution in [2.24, 2.45) is 0 Å². The Kier molecular flexibility index (Phi) is 13.0. The molecule has 1 atom stereocenters. The van der Waals surface area contributed by atoms with Crippen molar-refractivity contribution in [1.29, 1.82) is 0 Å². The predicted molar refractivity (Wildman–Crippen MR) is 175 cm³/mol. The molecule has 0 radical (unpaired) electrons. The fourth-order valence-corrected chi connectivity index (χ4v) is 6.52. The third-order valence-corrected chi connectivity index (χ3v) is 9.52. The quantitative estimate of drug-likeness (QED) is 0.181. The third-order valence-electron chi connectivity index (χ3n) is 6.91. The van der Waals surface area contributed by atoms with Crippen LogP contribution in [0, 0.1) is 0 Å². The van der Waals surface area contributed by atoms with Crippen LogP contribution in [0.15, 0.2) is 65.6 Å². The number of hydrogen-bond donors (Lipinski definition) is 1. The monoisotopic (exact) mass is 683 g/mol. The van der Waals surface area contributed by atoms with Gasteiger partial charge < -0.3 is 19.7 Å². The van der Waals surface area contributed by atoms with Crippen LogP contribution in [0.3, 0.4) is 0 Å². The second-order valence-corrected chi connectivity index (χ2v) is 13.0. The summed E-state index contributed by atoms with van der Waals surface area (Å²) in [4.78, 5) is 28.8. The largest absolute Gasteiger partial charge is 0.493 e. The first-order chi connectivity index (χ1) is 21.0. The summed E-state index contributed by atoms with van der Waals surface area (Å²) >= 11 is 18.7. The molecule has 0 heterocycles. The van der Waals surface area contributed by atoms with E-state index in [4.69, 9.17) is 44.3 Å². The van der Waals surface area contributed by atoms with E-state index in [0.29, 0.717) is 32.9 Å². The normalized spacial score (nSPS) is 11.9. The number of rotatable bonds is 15. The summed E-state index contributed by atoms with van der Waals surface area (Å²) in [6, 6.07) is 14.2. The van der Waals surface area contributed by atoms with Gasteiger partial charge in [-0.1, -0.05) is 61.1 Å². The molecule has 1 N–H and O–H groups in total. The molecule has 0 saturated carbocycles. The first-order valence-electron chi connectivity index (χ1n) is 14.0. The van der Waals surface area contributed by atoms with Gasteiger partial charge in [-0.25, -0.2) is 8.42 Å². The van der Waals surface area contributed by atoms with Gasteiger partial charge in [0, 0.05) is 34.2 Å². The highest BCUT2D eigenvalue weighted by molar-refractivity contribution is 7.92. The number of sulfonamides is 1. The number of ether oxygens (including phenoxy) is 2. The van der Waals surface area contributed by atoms with Crippen LogP contribution in [-0.2, 0) is 26.2 Å². The zero-order chi connectivity index (χ0) is 32.4. The van der Waals surface area contributed by atoms with E-state index >= 15 is 0 Å². The van der Waals surface area contributed by atoms with Crippen LogP contribution in [0.2, 0.25) is 15.1 Å². The fourth-order valence-electron chi connectivity index (χ4n) is 4.50. The second kappa shape index (κ2) is 16.2. The molecule has 9 nitrogen and oxygen atoms in total. The molecule has 2 amide bonds. The van der Waals surface area contributed by atoms with Crippen molar-refractivity contribution < 1.29 is 27.5 Å². The summed E-state index contributed by atoms with van der Waals surface area (Å²) in [5.41, 5.74) is 0.743. The van der Waals surface area contributed by atoms with Gasteiger partial charge in [-0.2, -0.15) is 0 Å². The molecule has 0 aliphatic rings. The van der Waals surface area contributed by atoms with Crippen LogP contribution in [0.5, 0.6) is 11.5 Å². The van der Waals surface area contributed by atoms with Crippen LogP contribution >= 0.6 is 34.8 Å². The summed E-state index contributed by atoms with van der Waals surface area (Å²) in [7, 11) is -1.51. The average molecular weight is 685 g/mol. The number of amides is 2. The highest BCUT2D eigenvalue weighted by atomic mass is 35.5. The number of halogens is 3. The molecular weight excluding hydrogens is 649 g/mol. The Bertz CT molecular complexity index is 1550. The van der Waals surface area contributed by atoms with Gasteiger partial charge in [-0.15, -0.1) is 0 Å². The van der Waals surface area contributed by atoms with E-state index in [1.54, 1.807) is 25.1 Å². The molecule has 0 spiro atoms. The smallest absolute Gasteiger partial charge is 0.264 e. The summed E-state index contributed by atoms with van der Waals surface area (Å²) in [5, 5.41) is 4.00. The van der Waals surface area contributed by atoms with Crippen LogP contribution in [0.25, 0.3) is 0 Å². The average Bonchev–Trinajstić information content (AvgIpc) is 3.00. The van der Waals surface area contributed by atoms with E-state index in [2.05, 4.69) is 5.32 Å². The lowest BCUT2D eigenvalue weighted by Gasteiger charge is -2.33. The summed E-state index contributed by atoms with van der Waals surface area (Å²) in [6.07, 6.45) is 1.93. The van der Waals surface area contributed by atoms with Crippen LogP contribution in [0.1, 0.15) is 38.7 Å². The van der Waals surface area contributed by atoms with Gasteiger partial charge in [-0.05, 0) is 66.9 Å². The van der Waals surface area contributed by atoms with Crippen LogP contribution in [0.4, 0.5) is 5.69 Å². The molecule has 0 unspecified atom stereocenters. The Morgan fingerprint density at radius 1 is 0.886 bits per heavy atom. The lowest BCUT2D eigenvalue weighted by molar-refractivity contribution is -0.140. The Morgan fingerprint density at radius 3 is 2.14 bits per heavy atom. The highest BCUT2D eigenvalue weighted by Crippen LogP contribution is 2.33. The minimum atomic E-state index is -4.35. The van der Waals surface area contributed by atoms with Crippen molar-refractivity contribution in [3.63, 3.8) is 0 Å². The number of benzene rings is 3. The van der Waals surface area contributed by atoms with E-state index in [0.717, 1.165) is 17.1 Å². The predicted octanol–water partition coefficient (Wildman–Crippen LogP) is 6.58. The molecule has 0 fully saturated rings. The molecule has 44 heavy (non-hydrogen) atoms. The van der Waals surface area contributed by atoms with E-state index in [9.17, 15) is 18.0 Å². The Morgan fingerprint density at radius 2 is 1.55 bits per heavy atom. The van der Waals surface area contributed by atoms with Crippen LogP contribution in [-0.4, -0.2) is 58.5 Å². The maximum atomic E-state index is 14.2. The topological polar surface area (TPSA) is 105 Å². The lowest BCUT2D eigenvalue weighted by Crippen LogP contribution is -2.52. The molecule has 238 valence electrons. The van der Waals surface area contributed by atoms with Gasteiger partial charge in [0.25, 0.3) is 10.0 Å². The molecule has 0 aliphatic heterocycles. The number of anilines is 1. The maximum absolute atomic E-state index is 14.2. The number of nitrogens with zero attached hydrogens (tertiary/aromatic N) is 2. The molecule has 0 aliphatic carbocycles. The zero-order valence-corrected chi connectivity index (χ0v) is 28.1. The Hall–Kier alpha value is -3.18. The van der Waals surface area contributed by atoms with Gasteiger partial charge in [0.2, 0.25) is 11.8 Å². The minimum Gasteiger partial charge on any atom is -0.493 e. The summed E-state index contributed by atoms with van der Waals surface area (Å²) < 4.78 is 39.9. The molecule has 0 saturated heterocycles. The van der Waals surface area contributed by atoms with Crippen molar-refractivity contribution in [2.75, 3.05) is 31.6 Å². The summed E-state index contributed by atoms with van der Waals surface area (Å²) in [6.45, 7) is 3.55. The van der Waals surface area contributed by atoms with E-state index in [1.165, 1.54) is 61.6 Å². The molecule has 0 aromatic heterocycles. The molecule has 13 heteroatoms. The SMILES string of the molecule is CCCCNC(=O)[C@@H](CC)N(Cc1ccc(Cl)cc1Cl)C(=O)CN(c1ccc(Cl)cc1)S(=O)(=O)c1ccc(OC)c(OC)c1. The molecule has 0 bridgehead atoms. The van der Waals surface area contributed by atoms with E-state index in [1.807, 2.05) is 6.92 Å². The van der Waals surface area contributed by atoms with Gasteiger partial charge in [0.05, 0.1) is 24.8 Å². The van der Waals surface area contributed by atoms with Gasteiger partial charge in [0.1, 0.15) is 12.6 Å². The van der Waals surface area contributed by atoms with E-state index in [-0.39, 0.29) is 35.2 Å². The van der Waals surface area contributed by atoms with E-state index < -0.39 is 28.5 Å². The van der Waals surface area contributed by atoms with Gasteiger partial charge in [0.15, 0.2) is 11.5 Å². The van der Waals surface area contributed by atoms with Crippen molar-refractivity contribution in [2.45, 2.75) is 50.6 Å². The summed E-state index contributed by atoms with van der Waals surface area (Å²) in [5.74, 6) is -0.427. The standard InChI is InChI=1S/C31H36Cl3N3O6S/c1-5-7-16-35-31(39)27(6-2)36(19-21-8-9-23(33)17-26(21)34)30(38)20-37(24-12-10-22(32)11-13-24)44(40,41)25-14-15-28(42-3)29(18-25)43-4/h8-15,17-18,27H,5-7,16,19-20H2,1-4H3,(H,35,39)/t27-/m1/s1. The number of carbonyl (C=O) groups is 2. The number of methoxy groups -OCH3 is 2. The van der Waals surface area contributed by atoms with Crippen molar-refractivity contribution in [3.05, 3.63) is 81.3 Å². The fraction of sp³-hybridized carbons (Fsp3) is 0.355. The minimum absolute atomic E-state index is 0.0561. The Labute approximate surface area is 274 Å². The molecule has 3 aromatic carbocycles. The number of unbranched alkanes of at least 4 members (excludes halogenated alkanes) is 1. The first kappa shape index (κ1) is 35.3. The Balaban J connectivity index is 2.09. The first-order valence-corrected chi connectivity index (χ1v) is 16.6. The van der Waals surface area contributed by atoms with Gasteiger partial charge >= 0.3 is 0 Å². The van der Waals surface area contributed by atoms with Crippen molar-refractivity contribution in [3.8, 4) is 11.5 Å². The van der Waals surface area contributed by atoms with Crippen molar-refractivity contribution >= 4 is 62.3 Å². The van der Waals surface area contributed by atoms with Crippen LogP contribution < -0.4 is 19.1 Å². The molecular formula is C31H36Cl3N3O6S. The van der Waals surface area contributed by atoms with Gasteiger partial charge in [-0.3, -0.25) is 13.9 Å². The third kappa shape index (κ3) is 8.72. The second-order valence-electron chi connectivity index (χ2n) is 9.83. The number of hydrogen-bond acceptors (Lipinski definition) is 6. The highest BCUT2D eigenvalue weighted by Gasteiger charge is 2.34. The molecule has 3 aromatic rings. The van der Waals surface area contributed by atoms with Crippen molar-refractivity contribution in [1.82, 2.24) is 10.2 Å². The number of carbonyl (C=O) groups excluding carboxylic acids is 2. The molecule has 3 rings (SSSR count). The maximum Gasteiger partial charge on any atom is 0.264 e. The lowest BCUT2D eigenvalue weighted by atomic mass is 10.1. The number of nitrogens with one attached hydrogen (secondary N) is 1. The zero-order valence-electron chi connectivity index (χ0n) is 25.0.